The molecule has 0 unspecified atom stereocenters. The Balaban J connectivity index is 1.80. The summed E-state index contributed by atoms with van der Waals surface area (Å²) in [4.78, 5) is 30.9. The maximum absolute atomic E-state index is 13.5. The number of amides is 1. The zero-order valence-corrected chi connectivity index (χ0v) is 17.4. The second-order valence-corrected chi connectivity index (χ2v) is 7.26. The second-order valence-electron chi connectivity index (χ2n) is 7.26. The number of ether oxygens (including phenoxy) is 1. The Bertz CT molecular complexity index is 1520. The molecule has 0 atom stereocenters. The van der Waals surface area contributed by atoms with Gasteiger partial charge >= 0.3 is 0 Å². The molecule has 0 spiro atoms. The molecule has 5 aromatic rings. The number of aryl methyl sites for hydroxylation is 1. The van der Waals surface area contributed by atoms with Crippen molar-refractivity contribution in [1.29, 1.82) is 0 Å². The Morgan fingerprint density at radius 1 is 1.03 bits per heavy atom. The maximum atomic E-state index is 13.5. The lowest BCUT2D eigenvalue weighted by Crippen LogP contribution is -2.27. The van der Waals surface area contributed by atoms with Gasteiger partial charge in [0.05, 0.1) is 24.7 Å². The molecular formula is C24H19N5O3. The number of para-hydroxylation sites is 1. The fraction of sp³-hybridized carbons (Fsp3) is 0.0833. The lowest BCUT2D eigenvalue weighted by atomic mass is 10.1. The van der Waals surface area contributed by atoms with Crippen molar-refractivity contribution in [1.82, 2.24) is 19.3 Å². The van der Waals surface area contributed by atoms with Crippen LogP contribution in [0.3, 0.4) is 0 Å². The minimum atomic E-state index is -0.429. The first-order valence-corrected chi connectivity index (χ1v) is 9.95. The molecule has 0 bridgehead atoms. The molecule has 1 amide bonds. The van der Waals surface area contributed by atoms with Crippen LogP contribution in [0.25, 0.3) is 27.5 Å². The van der Waals surface area contributed by atoms with Gasteiger partial charge in [-0.3, -0.25) is 14.6 Å². The minimum Gasteiger partial charge on any atom is -0.497 e. The van der Waals surface area contributed by atoms with Crippen molar-refractivity contribution < 1.29 is 9.53 Å². The van der Waals surface area contributed by atoms with E-state index in [1.54, 1.807) is 60.5 Å². The van der Waals surface area contributed by atoms with Crippen LogP contribution < -0.4 is 15.6 Å². The smallest absolute Gasteiger partial charge is 0.296 e. The molecule has 0 aliphatic carbocycles. The number of aromatic nitrogens is 4. The van der Waals surface area contributed by atoms with Crippen LogP contribution in [0.1, 0.15) is 10.5 Å². The van der Waals surface area contributed by atoms with Crippen molar-refractivity contribution in [3.05, 3.63) is 89.1 Å². The van der Waals surface area contributed by atoms with E-state index in [2.05, 4.69) is 15.4 Å². The van der Waals surface area contributed by atoms with E-state index in [1.165, 1.54) is 4.68 Å². The van der Waals surface area contributed by atoms with E-state index < -0.39 is 5.91 Å². The van der Waals surface area contributed by atoms with E-state index in [1.807, 2.05) is 31.3 Å². The van der Waals surface area contributed by atoms with Gasteiger partial charge < -0.3 is 14.6 Å². The first-order chi connectivity index (χ1) is 15.6. The number of carbonyl (C=O) groups is 1. The fourth-order valence-electron chi connectivity index (χ4n) is 3.86. The third-order valence-corrected chi connectivity index (χ3v) is 5.39. The first-order valence-electron chi connectivity index (χ1n) is 9.95. The van der Waals surface area contributed by atoms with Crippen LogP contribution in [0, 0.1) is 0 Å². The number of rotatable bonds is 4. The van der Waals surface area contributed by atoms with Crippen molar-refractivity contribution in [2.45, 2.75) is 0 Å². The van der Waals surface area contributed by atoms with Crippen molar-refractivity contribution >= 4 is 33.4 Å². The van der Waals surface area contributed by atoms with Crippen LogP contribution >= 0.6 is 0 Å². The number of nitrogens with one attached hydrogen (secondary N) is 1. The monoisotopic (exact) mass is 425 g/mol. The van der Waals surface area contributed by atoms with E-state index in [-0.39, 0.29) is 11.3 Å². The number of carbonyl (C=O) groups excluding carboxylic acids is 1. The summed E-state index contributed by atoms with van der Waals surface area (Å²) >= 11 is 0. The highest BCUT2D eigenvalue weighted by molar-refractivity contribution is 6.19. The maximum Gasteiger partial charge on any atom is 0.296 e. The quantitative estimate of drug-likeness (QED) is 0.476. The Morgan fingerprint density at radius 2 is 1.81 bits per heavy atom. The van der Waals surface area contributed by atoms with Crippen LogP contribution in [0.4, 0.5) is 5.69 Å². The summed E-state index contributed by atoms with van der Waals surface area (Å²) in [7, 11) is 3.38. The Kier molecular flexibility index (Phi) is 4.67. The van der Waals surface area contributed by atoms with Crippen LogP contribution in [-0.2, 0) is 7.05 Å². The normalized spacial score (nSPS) is 11.1. The summed E-state index contributed by atoms with van der Waals surface area (Å²) < 4.78 is 8.26. The van der Waals surface area contributed by atoms with Crippen molar-refractivity contribution in [2.75, 3.05) is 12.4 Å². The molecule has 0 aliphatic heterocycles. The number of methoxy groups -OCH3 is 1. The van der Waals surface area contributed by atoms with Gasteiger partial charge in [-0.25, -0.2) is 0 Å². The van der Waals surface area contributed by atoms with Gasteiger partial charge in [-0.2, -0.15) is 9.78 Å². The van der Waals surface area contributed by atoms with E-state index in [9.17, 15) is 9.59 Å². The molecule has 8 heteroatoms. The van der Waals surface area contributed by atoms with E-state index >= 15 is 0 Å². The topological polar surface area (TPSA) is 91.0 Å². The Hall–Kier alpha value is -4.46. The van der Waals surface area contributed by atoms with E-state index in [0.29, 0.717) is 28.0 Å². The number of fused-ring (bicyclic) bond motifs is 3. The van der Waals surface area contributed by atoms with Crippen LogP contribution in [-0.4, -0.2) is 32.3 Å². The molecule has 2 aromatic carbocycles. The average molecular weight is 425 g/mol. The molecule has 3 heterocycles. The molecule has 0 saturated heterocycles. The SMILES string of the molecule is COc1ccc(-n2nc(C(=O)Nc3cccnc3)c3c4ccccc4n(C)c3c2=O)cc1. The van der Waals surface area contributed by atoms with Gasteiger partial charge in [-0.15, -0.1) is 0 Å². The second kappa shape index (κ2) is 7.66. The molecule has 8 nitrogen and oxygen atoms in total. The zero-order valence-electron chi connectivity index (χ0n) is 17.4. The first kappa shape index (κ1) is 19.5. The summed E-state index contributed by atoms with van der Waals surface area (Å²) in [5, 5.41) is 8.63. The average Bonchev–Trinajstić information content (AvgIpc) is 3.13. The number of pyridine rings is 1. The van der Waals surface area contributed by atoms with E-state index in [4.69, 9.17) is 4.74 Å². The predicted octanol–water partition coefficient (Wildman–Crippen LogP) is 3.53. The van der Waals surface area contributed by atoms with Gasteiger partial charge in [0.2, 0.25) is 0 Å². The lowest BCUT2D eigenvalue weighted by Gasteiger charge is -2.11. The highest BCUT2D eigenvalue weighted by Crippen LogP contribution is 2.29. The number of nitrogens with zero attached hydrogens (tertiary/aromatic N) is 4. The van der Waals surface area contributed by atoms with E-state index in [0.717, 1.165) is 10.9 Å². The Morgan fingerprint density at radius 3 is 2.53 bits per heavy atom. The molecule has 0 aliphatic rings. The zero-order chi connectivity index (χ0) is 22.2. The molecule has 32 heavy (non-hydrogen) atoms. The number of hydrogen-bond donors (Lipinski definition) is 1. The molecule has 0 saturated carbocycles. The molecular weight excluding hydrogens is 406 g/mol. The summed E-state index contributed by atoms with van der Waals surface area (Å²) in [6.45, 7) is 0. The summed E-state index contributed by atoms with van der Waals surface area (Å²) in [5.41, 5.74) is 2.13. The van der Waals surface area contributed by atoms with Crippen molar-refractivity contribution in [3.8, 4) is 11.4 Å². The van der Waals surface area contributed by atoms with Gasteiger partial charge in [0, 0.05) is 29.5 Å². The summed E-state index contributed by atoms with van der Waals surface area (Å²) in [5.74, 6) is 0.226. The number of hydrogen-bond acceptors (Lipinski definition) is 5. The molecule has 0 fully saturated rings. The summed E-state index contributed by atoms with van der Waals surface area (Å²) in [6, 6.07) is 18.0. The van der Waals surface area contributed by atoms with Crippen molar-refractivity contribution in [3.63, 3.8) is 0 Å². The molecule has 0 radical (unpaired) electrons. The minimum absolute atomic E-state index is 0.149. The lowest BCUT2D eigenvalue weighted by molar-refractivity contribution is 0.102. The third kappa shape index (κ3) is 3.09. The predicted molar refractivity (Wildman–Crippen MR) is 123 cm³/mol. The molecule has 1 N–H and O–H groups in total. The number of anilines is 1. The molecule has 5 rings (SSSR count). The summed E-state index contributed by atoms with van der Waals surface area (Å²) in [6.07, 6.45) is 3.18. The van der Waals surface area contributed by atoms with Crippen LogP contribution in [0.2, 0.25) is 0 Å². The van der Waals surface area contributed by atoms with Crippen LogP contribution in [0.5, 0.6) is 5.75 Å². The van der Waals surface area contributed by atoms with Crippen molar-refractivity contribution in [2.24, 2.45) is 7.05 Å². The van der Waals surface area contributed by atoms with Gasteiger partial charge in [0.25, 0.3) is 11.5 Å². The van der Waals surface area contributed by atoms with Gasteiger partial charge in [-0.05, 0) is 42.5 Å². The van der Waals surface area contributed by atoms with Gasteiger partial charge in [0.15, 0.2) is 5.69 Å². The highest BCUT2D eigenvalue weighted by Gasteiger charge is 2.23. The van der Waals surface area contributed by atoms with Gasteiger partial charge in [0.1, 0.15) is 11.3 Å². The largest absolute Gasteiger partial charge is 0.497 e. The standard InChI is InChI=1S/C24H19N5O3/c1-28-19-8-4-3-7-18(19)20-21(23(30)26-15-6-5-13-25-14-15)27-29(24(31)22(20)28)16-9-11-17(32-2)12-10-16/h3-14H,1-2H3,(H,26,30). The fourth-order valence-corrected chi connectivity index (χ4v) is 3.86. The number of benzene rings is 2. The van der Waals surface area contributed by atoms with Gasteiger partial charge in [-0.1, -0.05) is 18.2 Å². The molecule has 158 valence electrons. The Labute approximate surface area is 182 Å². The van der Waals surface area contributed by atoms with Crippen LogP contribution in [0.15, 0.2) is 77.9 Å². The third-order valence-electron chi connectivity index (χ3n) is 5.39. The molecule has 3 aromatic heterocycles. The highest BCUT2D eigenvalue weighted by atomic mass is 16.5.